The van der Waals surface area contributed by atoms with Crippen LogP contribution in [-0.4, -0.2) is 27.0 Å². The molecule has 0 saturated carbocycles. The summed E-state index contributed by atoms with van der Waals surface area (Å²) in [6, 6.07) is 3.66. The van der Waals surface area contributed by atoms with Gasteiger partial charge in [-0.15, -0.1) is 5.10 Å². The molecule has 2 aromatic rings. The Bertz CT molecular complexity index is 656. The van der Waals surface area contributed by atoms with E-state index in [4.69, 9.17) is 0 Å². The first-order valence-corrected chi connectivity index (χ1v) is 6.30. The number of carbonyl (C=O) groups excluding carboxylic acids is 1. The normalized spacial score (nSPS) is 11.7. The van der Waals surface area contributed by atoms with Crippen LogP contribution in [0.5, 0.6) is 0 Å². The number of ketones is 1. The molecule has 1 heterocycles. The lowest BCUT2D eigenvalue weighted by atomic mass is 10.1. The maximum atomic E-state index is 12.3. The monoisotopic (exact) mass is 347 g/mol. The van der Waals surface area contributed by atoms with Crippen molar-refractivity contribution in [1.29, 1.82) is 0 Å². The van der Waals surface area contributed by atoms with Crippen molar-refractivity contribution in [2.24, 2.45) is 0 Å². The SMILES string of the molecule is Cc1cc(C)c(-n2cc(C(=O)C(F)(F)F)nn2)c(Br)c1. The minimum Gasteiger partial charge on any atom is -0.282 e. The Morgan fingerprint density at radius 1 is 1.30 bits per heavy atom. The molecule has 0 aliphatic heterocycles. The predicted molar refractivity (Wildman–Crippen MR) is 68.9 cm³/mol. The maximum absolute atomic E-state index is 12.3. The van der Waals surface area contributed by atoms with E-state index < -0.39 is 17.7 Å². The third kappa shape index (κ3) is 2.74. The van der Waals surface area contributed by atoms with Gasteiger partial charge in [0.15, 0.2) is 5.69 Å². The molecule has 0 amide bonds. The van der Waals surface area contributed by atoms with Gasteiger partial charge in [-0.25, -0.2) is 4.68 Å². The maximum Gasteiger partial charge on any atom is 0.456 e. The van der Waals surface area contributed by atoms with Gasteiger partial charge in [0.1, 0.15) is 0 Å². The van der Waals surface area contributed by atoms with Crippen molar-refractivity contribution in [3.63, 3.8) is 0 Å². The van der Waals surface area contributed by atoms with Crippen molar-refractivity contribution >= 4 is 21.7 Å². The molecule has 20 heavy (non-hydrogen) atoms. The van der Waals surface area contributed by atoms with Crippen LogP contribution in [0.2, 0.25) is 0 Å². The lowest BCUT2D eigenvalue weighted by Crippen LogP contribution is -2.23. The zero-order valence-corrected chi connectivity index (χ0v) is 12.1. The fourth-order valence-corrected chi connectivity index (χ4v) is 2.68. The van der Waals surface area contributed by atoms with Crippen LogP contribution in [0.15, 0.2) is 22.8 Å². The Morgan fingerprint density at radius 3 is 2.50 bits per heavy atom. The molecule has 0 fully saturated rings. The molecule has 0 aliphatic rings. The van der Waals surface area contributed by atoms with E-state index in [1.807, 2.05) is 13.0 Å². The van der Waals surface area contributed by atoms with Crippen molar-refractivity contribution in [2.45, 2.75) is 20.0 Å². The quantitative estimate of drug-likeness (QED) is 0.782. The summed E-state index contributed by atoms with van der Waals surface area (Å²) in [6.45, 7) is 3.68. The van der Waals surface area contributed by atoms with Crippen LogP contribution in [0.4, 0.5) is 13.2 Å². The van der Waals surface area contributed by atoms with Gasteiger partial charge in [0.05, 0.1) is 11.9 Å². The van der Waals surface area contributed by atoms with Crippen molar-refractivity contribution in [3.8, 4) is 5.69 Å². The Labute approximate surface area is 120 Å². The summed E-state index contributed by atoms with van der Waals surface area (Å²) >= 11 is 3.32. The number of nitrogens with zero attached hydrogens (tertiary/aromatic N) is 3. The number of aromatic nitrogens is 3. The molecule has 8 heteroatoms. The van der Waals surface area contributed by atoms with E-state index in [-0.39, 0.29) is 0 Å². The Morgan fingerprint density at radius 2 is 1.95 bits per heavy atom. The van der Waals surface area contributed by atoms with Gasteiger partial charge in [0.2, 0.25) is 0 Å². The zero-order chi connectivity index (χ0) is 15.1. The molecular formula is C12H9BrF3N3O. The van der Waals surface area contributed by atoms with Crippen LogP contribution in [0, 0.1) is 13.8 Å². The van der Waals surface area contributed by atoms with E-state index in [0.29, 0.717) is 10.2 Å². The van der Waals surface area contributed by atoms with Crippen molar-refractivity contribution < 1.29 is 18.0 Å². The van der Waals surface area contributed by atoms with E-state index in [2.05, 4.69) is 26.2 Å². The van der Waals surface area contributed by atoms with Gasteiger partial charge in [0.25, 0.3) is 5.78 Å². The molecule has 0 radical (unpaired) electrons. The molecule has 4 nitrogen and oxygen atoms in total. The Balaban J connectivity index is 2.47. The summed E-state index contributed by atoms with van der Waals surface area (Å²) in [4.78, 5) is 11.1. The highest BCUT2D eigenvalue weighted by Crippen LogP contribution is 2.27. The number of alkyl halides is 3. The summed E-state index contributed by atoms with van der Waals surface area (Å²) in [6.07, 6.45) is -3.99. The third-order valence-electron chi connectivity index (χ3n) is 2.61. The van der Waals surface area contributed by atoms with Gasteiger partial charge in [-0.1, -0.05) is 11.3 Å². The predicted octanol–water partition coefficient (Wildman–Crippen LogP) is 3.39. The highest BCUT2D eigenvalue weighted by atomic mass is 79.9. The van der Waals surface area contributed by atoms with Crippen molar-refractivity contribution in [1.82, 2.24) is 15.0 Å². The lowest BCUT2D eigenvalue weighted by molar-refractivity contribution is -0.0888. The molecule has 0 unspecified atom stereocenters. The van der Waals surface area contributed by atoms with Crippen LogP contribution < -0.4 is 0 Å². The molecule has 1 aromatic heterocycles. The fraction of sp³-hybridized carbons (Fsp3) is 0.250. The van der Waals surface area contributed by atoms with Gasteiger partial charge in [0, 0.05) is 4.47 Å². The van der Waals surface area contributed by atoms with Gasteiger partial charge in [-0.2, -0.15) is 13.2 Å². The molecule has 0 spiro atoms. The van der Waals surface area contributed by atoms with E-state index >= 15 is 0 Å². The number of rotatable bonds is 2. The first-order valence-electron chi connectivity index (χ1n) is 5.51. The van der Waals surface area contributed by atoms with Crippen molar-refractivity contribution in [3.05, 3.63) is 39.6 Å². The fourth-order valence-electron chi connectivity index (χ4n) is 1.82. The number of carbonyl (C=O) groups is 1. The minimum absolute atomic E-state index is 0.546. The molecule has 0 N–H and O–H groups in total. The second-order valence-electron chi connectivity index (χ2n) is 4.29. The smallest absolute Gasteiger partial charge is 0.282 e. The summed E-state index contributed by atoms with van der Waals surface area (Å²) in [7, 11) is 0. The number of Topliss-reactive ketones (excluding diaryl/α,β-unsaturated/α-hetero) is 1. The van der Waals surface area contributed by atoms with E-state index in [0.717, 1.165) is 22.0 Å². The number of hydrogen-bond donors (Lipinski definition) is 0. The van der Waals surface area contributed by atoms with Gasteiger partial charge in [-0.05, 0) is 47.0 Å². The number of hydrogen-bond acceptors (Lipinski definition) is 3. The summed E-state index contributed by atoms with van der Waals surface area (Å²) in [5.74, 6) is -2.01. The largest absolute Gasteiger partial charge is 0.456 e. The second-order valence-corrected chi connectivity index (χ2v) is 5.14. The molecule has 2 rings (SSSR count). The molecular weight excluding hydrogens is 339 g/mol. The van der Waals surface area contributed by atoms with E-state index in [1.54, 1.807) is 13.0 Å². The standard InChI is InChI=1S/C12H9BrF3N3O/c1-6-3-7(2)10(8(13)4-6)19-5-9(17-18-19)11(20)12(14,15)16/h3-5H,1-2H3. The van der Waals surface area contributed by atoms with Crippen molar-refractivity contribution in [2.75, 3.05) is 0 Å². The van der Waals surface area contributed by atoms with Gasteiger partial charge >= 0.3 is 6.18 Å². The van der Waals surface area contributed by atoms with Crippen LogP contribution in [0.25, 0.3) is 5.69 Å². The highest BCUT2D eigenvalue weighted by Gasteiger charge is 2.41. The lowest BCUT2D eigenvalue weighted by Gasteiger charge is -2.08. The molecule has 0 aliphatic carbocycles. The molecule has 0 saturated heterocycles. The summed E-state index contributed by atoms with van der Waals surface area (Å²) in [5.41, 5.74) is 1.60. The van der Waals surface area contributed by atoms with Gasteiger partial charge < -0.3 is 0 Å². The summed E-state index contributed by atoms with van der Waals surface area (Å²) in [5, 5.41) is 6.87. The summed E-state index contributed by atoms with van der Waals surface area (Å²) < 4.78 is 38.8. The topological polar surface area (TPSA) is 47.8 Å². The van der Waals surface area contributed by atoms with Gasteiger partial charge in [-0.3, -0.25) is 4.79 Å². The first kappa shape index (κ1) is 14.7. The number of benzene rings is 1. The molecule has 1 aromatic carbocycles. The average Bonchev–Trinajstić information content (AvgIpc) is 2.74. The van der Waals surface area contributed by atoms with Crippen LogP contribution in [0.3, 0.4) is 0 Å². The third-order valence-corrected chi connectivity index (χ3v) is 3.22. The molecule has 0 atom stereocenters. The van der Waals surface area contributed by atoms with Crippen LogP contribution >= 0.6 is 15.9 Å². The highest BCUT2D eigenvalue weighted by molar-refractivity contribution is 9.10. The first-order chi connectivity index (χ1) is 9.20. The molecule has 106 valence electrons. The Kier molecular flexibility index (Phi) is 3.68. The zero-order valence-electron chi connectivity index (χ0n) is 10.5. The van der Waals surface area contributed by atoms with E-state index in [1.165, 1.54) is 0 Å². The van der Waals surface area contributed by atoms with Crippen LogP contribution in [-0.2, 0) is 0 Å². The Hall–Kier alpha value is -1.70. The number of aryl methyl sites for hydroxylation is 2. The van der Waals surface area contributed by atoms with Crippen LogP contribution in [0.1, 0.15) is 21.6 Å². The van der Waals surface area contributed by atoms with E-state index in [9.17, 15) is 18.0 Å². The number of halogens is 4. The molecule has 0 bridgehead atoms. The average molecular weight is 348 g/mol. The second kappa shape index (κ2) is 5.01. The minimum atomic E-state index is -4.96.